The van der Waals surface area contributed by atoms with Crippen LogP contribution in [0.4, 0.5) is 0 Å². The molecule has 0 bridgehead atoms. The first kappa shape index (κ1) is 13.5. The van der Waals surface area contributed by atoms with Crippen molar-refractivity contribution in [3.8, 4) is 6.07 Å². The van der Waals surface area contributed by atoms with Gasteiger partial charge >= 0.3 is 0 Å². The molecule has 0 amide bonds. The average Bonchev–Trinajstić information content (AvgIpc) is 2.36. The summed E-state index contributed by atoms with van der Waals surface area (Å²) in [4.78, 5) is 2.55. The highest BCUT2D eigenvalue weighted by Gasteiger charge is 2.30. The van der Waals surface area contributed by atoms with Crippen molar-refractivity contribution in [1.82, 2.24) is 10.2 Å². The molecule has 1 aliphatic heterocycles. The van der Waals surface area contributed by atoms with Gasteiger partial charge in [-0.1, -0.05) is 13.3 Å². The first-order valence-electron chi connectivity index (χ1n) is 6.45. The van der Waals surface area contributed by atoms with Crippen LogP contribution < -0.4 is 5.32 Å². The van der Waals surface area contributed by atoms with Crippen molar-refractivity contribution in [2.45, 2.75) is 58.0 Å². The maximum absolute atomic E-state index is 8.79. The second-order valence-corrected chi connectivity index (χ2v) is 5.38. The number of nitrogens with zero attached hydrogens (tertiary/aromatic N) is 2. The highest BCUT2D eigenvalue weighted by Crippen LogP contribution is 2.22. The van der Waals surface area contributed by atoms with Gasteiger partial charge in [-0.3, -0.25) is 4.90 Å². The molecule has 1 atom stereocenters. The van der Waals surface area contributed by atoms with E-state index in [1.165, 1.54) is 19.3 Å². The fraction of sp³-hybridized carbons (Fsp3) is 0.923. The predicted octanol–water partition coefficient (Wildman–Crippen LogP) is 2.14. The number of unbranched alkanes of at least 4 members (excludes halogenated alkanes) is 1. The standard InChI is InChI=1S/C13H25N3/c1-4-5-10-16-11-12(6-8-14)15-9-7-13(16,2)3/h12,15H,4-7,9-11H2,1-3H3. The van der Waals surface area contributed by atoms with Crippen molar-refractivity contribution < 1.29 is 0 Å². The quantitative estimate of drug-likeness (QED) is 0.793. The molecule has 1 rings (SSSR count). The lowest BCUT2D eigenvalue weighted by molar-refractivity contribution is 0.118. The van der Waals surface area contributed by atoms with Crippen molar-refractivity contribution >= 4 is 0 Å². The molecule has 1 fully saturated rings. The van der Waals surface area contributed by atoms with Crippen LogP contribution in [0.2, 0.25) is 0 Å². The van der Waals surface area contributed by atoms with Crippen LogP contribution in [0.15, 0.2) is 0 Å². The van der Waals surface area contributed by atoms with E-state index in [1.807, 2.05) is 0 Å². The van der Waals surface area contributed by atoms with E-state index in [2.05, 4.69) is 37.1 Å². The lowest BCUT2D eigenvalue weighted by atomic mass is 9.98. The van der Waals surface area contributed by atoms with Crippen molar-refractivity contribution in [1.29, 1.82) is 5.26 Å². The number of nitrogens with one attached hydrogen (secondary N) is 1. The van der Waals surface area contributed by atoms with E-state index in [4.69, 9.17) is 5.26 Å². The van der Waals surface area contributed by atoms with Crippen LogP contribution in [0.25, 0.3) is 0 Å². The molecule has 0 radical (unpaired) electrons. The third kappa shape index (κ3) is 3.77. The Kier molecular flexibility index (Phi) is 5.24. The van der Waals surface area contributed by atoms with E-state index in [0.29, 0.717) is 12.5 Å². The molecule has 0 aliphatic carbocycles. The van der Waals surface area contributed by atoms with Crippen molar-refractivity contribution in [3.05, 3.63) is 0 Å². The van der Waals surface area contributed by atoms with Gasteiger partial charge in [0.2, 0.25) is 0 Å². The Morgan fingerprint density at radius 1 is 1.50 bits per heavy atom. The van der Waals surface area contributed by atoms with Gasteiger partial charge in [0.1, 0.15) is 0 Å². The Morgan fingerprint density at radius 2 is 2.25 bits per heavy atom. The number of hydrogen-bond donors (Lipinski definition) is 1. The van der Waals surface area contributed by atoms with Gasteiger partial charge in [-0.05, 0) is 39.8 Å². The minimum absolute atomic E-state index is 0.270. The van der Waals surface area contributed by atoms with Crippen LogP contribution in [-0.2, 0) is 0 Å². The molecule has 1 N–H and O–H groups in total. The van der Waals surface area contributed by atoms with Gasteiger partial charge < -0.3 is 5.32 Å². The topological polar surface area (TPSA) is 39.1 Å². The Bertz CT molecular complexity index is 242. The molecular weight excluding hydrogens is 198 g/mol. The van der Waals surface area contributed by atoms with Crippen LogP contribution in [0.5, 0.6) is 0 Å². The normalized spacial score (nSPS) is 26.0. The fourth-order valence-corrected chi connectivity index (χ4v) is 2.31. The Labute approximate surface area is 99.8 Å². The smallest absolute Gasteiger partial charge is 0.0638 e. The van der Waals surface area contributed by atoms with Crippen LogP contribution in [-0.4, -0.2) is 36.1 Å². The molecule has 3 heteroatoms. The lowest BCUT2D eigenvalue weighted by Gasteiger charge is -2.37. The zero-order chi connectivity index (χ0) is 12.0. The largest absolute Gasteiger partial charge is 0.312 e. The third-order valence-electron chi connectivity index (χ3n) is 3.59. The zero-order valence-corrected chi connectivity index (χ0v) is 10.9. The van der Waals surface area contributed by atoms with Crippen LogP contribution in [0.3, 0.4) is 0 Å². The van der Waals surface area contributed by atoms with Crippen molar-refractivity contribution in [2.24, 2.45) is 0 Å². The molecule has 0 saturated carbocycles. The fourth-order valence-electron chi connectivity index (χ4n) is 2.31. The maximum Gasteiger partial charge on any atom is 0.0638 e. The molecule has 3 nitrogen and oxygen atoms in total. The summed E-state index contributed by atoms with van der Waals surface area (Å²) >= 11 is 0. The summed E-state index contributed by atoms with van der Waals surface area (Å²) in [6, 6.07) is 2.63. The first-order chi connectivity index (χ1) is 7.60. The average molecular weight is 223 g/mol. The van der Waals surface area contributed by atoms with Gasteiger partial charge in [0.25, 0.3) is 0 Å². The zero-order valence-electron chi connectivity index (χ0n) is 10.9. The molecule has 1 unspecified atom stereocenters. The summed E-state index contributed by atoms with van der Waals surface area (Å²) in [6.07, 6.45) is 4.28. The second kappa shape index (κ2) is 6.22. The monoisotopic (exact) mass is 223 g/mol. The highest BCUT2D eigenvalue weighted by molar-refractivity contribution is 4.92. The van der Waals surface area contributed by atoms with Gasteiger partial charge in [-0.2, -0.15) is 5.26 Å². The molecule has 92 valence electrons. The molecule has 1 saturated heterocycles. The minimum atomic E-state index is 0.270. The number of hydrogen-bond acceptors (Lipinski definition) is 3. The summed E-state index contributed by atoms with van der Waals surface area (Å²) in [5.41, 5.74) is 0.270. The summed E-state index contributed by atoms with van der Waals surface area (Å²) in [5, 5.41) is 12.3. The Hall–Kier alpha value is -0.590. The van der Waals surface area contributed by atoms with Gasteiger partial charge in [0.05, 0.1) is 12.5 Å². The van der Waals surface area contributed by atoms with E-state index in [1.54, 1.807) is 0 Å². The van der Waals surface area contributed by atoms with Crippen LogP contribution >= 0.6 is 0 Å². The van der Waals surface area contributed by atoms with Gasteiger partial charge in [0.15, 0.2) is 0 Å². The summed E-state index contributed by atoms with van der Waals surface area (Å²) in [7, 11) is 0. The molecule has 0 spiro atoms. The molecule has 0 aromatic heterocycles. The number of rotatable bonds is 4. The molecule has 0 aromatic rings. The second-order valence-electron chi connectivity index (χ2n) is 5.38. The van der Waals surface area contributed by atoms with Crippen molar-refractivity contribution in [3.63, 3.8) is 0 Å². The van der Waals surface area contributed by atoms with E-state index in [9.17, 15) is 0 Å². The van der Waals surface area contributed by atoms with E-state index >= 15 is 0 Å². The molecule has 1 heterocycles. The molecule has 16 heavy (non-hydrogen) atoms. The maximum atomic E-state index is 8.79. The predicted molar refractivity (Wildman–Crippen MR) is 67.2 cm³/mol. The van der Waals surface area contributed by atoms with Gasteiger partial charge in [-0.25, -0.2) is 0 Å². The first-order valence-corrected chi connectivity index (χ1v) is 6.45. The summed E-state index contributed by atoms with van der Waals surface area (Å²) in [5.74, 6) is 0. The Balaban J connectivity index is 2.61. The van der Waals surface area contributed by atoms with E-state index in [-0.39, 0.29) is 5.54 Å². The minimum Gasteiger partial charge on any atom is -0.312 e. The lowest BCUT2D eigenvalue weighted by Crippen LogP contribution is -2.46. The molecule has 0 aromatic carbocycles. The van der Waals surface area contributed by atoms with E-state index < -0.39 is 0 Å². The Morgan fingerprint density at radius 3 is 2.88 bits per heavy atom. The SMILES string of the molecule is CCCCN1CC(CC#N)NCCC1(C)C. The summed E-state index contributed by atoms with van der Waals surface area (Å²) < 4.78 is 0. The number of nitriles is 1. The van der Waals surface area contributed by atoms with Crippen LogP contribution in [0.1, 0.15) is 46.5 Å². The van der Waals surface area contributed by atoms with Gasteiger partial charge in [-0.15, -0.1) is 0 Å². The summed E-state index contributed by atoms with van der Waals surface area (Å²) in [6.45, 7) is 10.1. The van der Waals surface area contributed by atoms with Crippen LogP contribution in [0, 0.1) is 11.3 Å². The highest BCUT2D eigenvalue weighted by atomic mass is 15.2. The molecular formula is C13H25N3. The van der Waals surface area contributed by atoms with Gasteiger partial charge in [0, 0.05) is 18.1 Å². The third-order valence-corrected chi connectivity index (χ3v) is 3.59. The van der Waals surface area contributed by atoms with Crippen molar-refractivity contribution in [2.75, 3.05) is 19.6 Å². The van der Waals surface area contributed by atoms with E-state index in [0.717, 1.165) is 19.6 Å². The molecule has 1 aliphatic rings.